The highest BCUT2D eigenvalue weighted by Crippen LogP contribution is 2.11. The first-order valence-corrected chi connectivity index (χ1v) is 9.67. The molecule has 1 N–H and O–H groups in total. The molecule has 1 atom stereocenters. The molecule has 0 radical (unpaired) electrons. The number of aromatic nitrogens is 2. The summed E-state index contributed by atoms with van der Waals surface area (Å²) in [5.41, 5.74) is 0. The normalized spacial score (nSPS) is 16.0. The highest BCUT2D eigenvalue weighted by molar-refractivity contribution is 7.89. The third-order valence-corrected chi connectivity index (χ3v) is 5.39. The van der Waals surface area contributed by atoms with E-state index in [4.69, 9.17) is 4.74 Å². The summed E-state index contributed by atoms with van der Waals surface area (Å²) in [6.45, 7) is 4.46. The first-order chi connectivity index (χ1) is 11.7. The molecule has 0 saturated carbocycles. The molecular weight excluding hydrogens is 348 g/mol. The maximum Gasteiger partial charge on any atom is 0.307 e. The zero-order valence-corrected chi connectivity index (χ0v) is 15.5. The van der Waals surface area contributed by atoms with Gasteiger partial charge in [0.15, 0.2) is 11.1 Å². The van der Waals surface area contributed by atoms with Gasteiger partial charge in [0.1, 0.15) is 5.82 Å². The van der Waals surface area contributed by atoms with Gasteiger partial charge in [0.2, 0.25) is 0 Å². The number of nitrogens with one attached hydrogen (secondary N) is 1. The quantitative estimate of drug-likeness (QED) is 0.672. The number of likely N-dealkylation sites (tertiary alicyclic amines) is 1. The fraction of sp³-hybridized carbons (Fsp3) is 0.667. The molecule has 1 unspecified atom stereocenters. The van der Waals surface area contributed by atoms with Gasteiger partial charge in [0.25, 0.3) is 15.9 Å². The van der Waals surface area contributed by atoms with Crippen LogP contribution in [0.2, 0.25) is 0 Å². The lowest BCUT2D eigenvalue weighted by Gasteiger charge is -2.20. The number of ether oxygens (including phenoxy) is 1. The van der Waals surface area contributed by atoms with Gasteiger partial charge in [-0.3, -0.25) is 9.59 Å². The Morgan fingerprint density at radius 2 is 2.00 bits per heavy atom. The largest absolute Gasteiger partial charge is 0.452 e. The summed E-state index contributed by atoms with van der Waals surface area (Å²) in [6, 6.07) is 0. The van der Waals surface area contributed by atoms with E-state index < -0.39 is 22.1 Å². The molecule has 10 heteroatoms. The fourth-order valence-electron chi connectivity index (χ4n) is 2.52. The molecule has 1 saturated heterocycles. The van der Waals surface area contributed by atoms with Gasteiger partial charge < -0.3 is 14.2 Å². The predicted octanol–water partition coefficient (Wildman–Crippen LogP) is -0.0490. The highest BCUT2D eigenvalue weighted by atomic mass is 32.2. The van der Waals surface area contributed by atoms with E-state index in [1.54, 1.807) is 23.4 Å². The van der Waals surface area contributed by atoms with Gasteiger partial charge in [-0.1, -0.05) is 0 Å². The van der Waals surface area contributed by atoms with Crippen molar-refractivity contribution in [2.45, 2.75) is 44.2 Å². The van der Waals surface area contributed by atoms with Crippen molar-refractivity contribution in [1.82, 2.24) is 19.2 Å². The summed E-state index contributed by atoms with van der Waals surface area (Å²) in [5, 5.41) is -0.0987. The standard InChI is InChI=1S/C15H24N4O5S/c1-11(15(21)19-8-4-5-9-19)24-14(20)6-7-16-25(22,23)13-10-18(3)12(2)17-13/h10-11,16H,4-9H2,1-3H3. The van der Waals surface area contributed by atoms with E-state index in [-0.39, 0.29) is 23.9 Å². The lowest BCUT2D eigenvalue weighted by molar-refractivity contribution is -0.158. The molecule has 0 bridgehead atoms. The second-order valence-corrected chi connectivity index (χ2v) is 7.76. The second kappa shape index (κ2) is 7.96. The van der Waals surface area contributed by atoms with E-state index in [0.29, 0.717) is 18.9 Å². The van der Waals surface area contributed by atoms with Crippen molar-refractivity contribution in [1.29, 1.82) is 0 Å². The SMILES string of the molecule is Cc1nc(S(=O)(=O)NCCC(=O)OC(C)C(=O)N2CCCC2)cn1C. The molecule has 2 heterocycles. The Hall–Kier alpha value is -1.94. The zero-order valence-electron chi connectivity index (χ0n) is 14.7. The predicted molar refractivity (Wildman–Crippen MR) is 89.1 cm³/mol. The number of imidazole rings is 1. The van der Waals surface area contributed by atoms with Crippen molar-refractivity contribution in [3.05, 3.63) is 12.0 Å². The van der Waals surface area contributed by atoms with Gasteiger partial charge in [-0.25, -0.2) is 18.1 Å². The minimum Gasteiger partial charge on any atom is -0.452 e. The number of rotatable bonds is 7. The molecule has 1 aliphatic rings. The van der Waals surface area contributed by atoms with E-state index >= 15 is 0 Å². The van der Waals surface area contributed by atoms with Crippen molar-refractivity contribution >= 4 is 21.9 Å². The number of aryl methyl sites for hydroxylation is 2. The Morgan fingerprint density at radius 3 is 2.56 bits per heavy atom. The average Bonchev–Trinajstić information content (AvgIpc) is 3.17. The van der Waals surface area contributed by atoms with Crippen molar-refractivity contribution in [3.8, 4) is 0 Å². The van der Waals surface area contributed by atoms with Crippen molar-refractivity contribution in [3.63, 3.8) is 0 Å². The maximum atomic E-state index is 12.1. The van der Waals surface area contributed by atoms with Gasteiger partial charge in [-0.05, 0) is 26.7 Å². The van der Waals surface area contributed by atoms with Gasteiger partial charge in [-0.2, -0.15) is 0 Å². The Labute approximate surface area is 147 Å². The molecular formula is C15H24N4O5S. The molecule has 2 rings (SSSR count). The van der Waals surface area contributed by atoms with Gasteiger partial charge in [-0.15, -0.1) is 0 Å². The van der Waals surface area contributed by atoms with Crippen LogP contribution in [0.5, 0.6) is 0 Å². The van der Waals surface area contributed by atoms with Crippen molar-refractivity contribution < 1.29 is 22.7 Å². The van der Waals surface area contributed by atoms with E-state index in [1.165, 1.54) is 13.1 Å². The fourth-order valence-corrected chi connectivity index (χ4v) is 3.59. The van der Waals surface area contributed by atoms with E-state index in [1.807, 2.05) is 0 Å². The van der Waals surface area contributed by atoms with Crippen LogP contribution in [-0.2, 0) is 31.4 Å². The monoisotopic (exact) mass is 372 g/mol. The number of carbonyl (C=O) groups is 2. The smallest absolute Gasteiger partial charge is 0.307 e. The summed E-state index contributed by atoms with van der Waals surface area (Å²) in [7, 11) is -2.09. The topological polar surface area (TPSA) is 111 Å². The number of esters is 1. The number of carbonyl (C=O) groups excluding carboxylic acids is 2. The molecule has 1 amide bonds. The molecule has 1 fully saturated rings. The first kappa shape index (κ1) is 19.4. The van der Waals surface area contributed by atoms with Gasteiger partial charge in [0, 0.05) is 32.9 Å². The van der Waals surface area contributed by atoms with Crippen LogP contribution in [0.4, 0.5) is 0 Å². The number of hydrogen-bond acceptors (Lipinski definition) is 6. The molecule has 25 heavy (non-hydrogen) atoms. The molecule has 0 aromatic carbocycles. The van der Waals surface area contributed by atoms with Crippen molar-refractivity contribution in [2.24, 2.45) is 7.05 Å². The summed E-state index contributed by atoms with van der Waals surface area (Å²) >= 11 is 0. The Balaban J connectivity index is 1.78. The van der Waals surface area contributed by atoms with Crippen molar-refractivity contribution in [2.75, 3.05) is 19.6 Å². The molecule has 0 aliphatic carbocycles. The number of amides is 1. The van der Waals surface area contributed by atoms with Crippen LogP contribution in [0.3, 0.4) is 0 Å². The minimum absolute atomic E-state index is 0.0987. The summed E-state index contributed by atoms with van der Waals surface area (Å²) in [6.07, 6.45) is 2.29. The van der Waals surface area contributed by atoms with E-state index in [2.05, 4.69) is 9.71 Å². The van der Waals surface area contributed by atoms with Crippen LogP contribution in [-0.4, -0.2) is 60.5 Å². The molecule has 1 aliphatic heterocycles. The molecule has 0 spiro atoms. The summed E-state index contributed by atoms with van der Waals surface area (Å²) < 4.78 is 33.1. The number of hydrogen-bond donors (Lipinski definition) is 1. The third-order valence-electron chi connectivity index (χ3n) is 4.06. The number of sulfonamides is 1. The first-order valence-electron chi connectivity index (χ1n) is 8.18. The second-order valence-electron chi connectivity index (χ2n) is 6.05. The van der Waals surface area contributed by atoms with E-state index in [0.717, 1.165) is 12.8 Å². The Morgan fingerprint density at radius 1 is 1.36 bits per heavy atom. The lowest BCUT2D eigenvalue weighted by Crippen LogP contribution is -2.38. The average molecular weight is 372 g/mol. The van der Waals surface area contributed by atoms with E-state index in [9.17, 15) is 18.0 Å². The maximum absolute atomic E-state index is 12.1. The van der Waals surface area contributed by atoms with Crippen LogP contribution in [0.15, 0.2) is 11.2 Å². The summed E-state index contributed by atoms with van der Waals surface area (Å²) in [5.74, 6) is -0.274. The molecule has 1 aromatic rings. The third kappa shape index (κ3) is 5.02. The molecule has 9 nitrogen and oxygen atoms in total. The van der Waals surface area contributed by atoms with Crippen LogP contribution in [0, 0.1) is 6.92 Å². The Bertz CT molecular complexity index is 718. The van der Waals surface area contributed by atoms with Crippen LogP contribution in [0.25, 0.3) is 0 Å². The highest BCUT2D eigenvalue weighted by Gasteiger charge is 2.26. The molecule has 1 aromatic heterocycles. The Kier molecular flexibility index (Phi) is 6.17. The number of nitrogens with zero attached hydrogens (tertiary/aromatic N) is 3. The lowest BCUT2D eigenvalue weighted by atomic mass is 10.3. The minimum atomic E-state index is -3.78. The van der Waals surface area contributed by atoms with Crippen LogP contribution >= 0.6 is 0 Å². The molecule has 140 valence electrons. The van der Waals surface area contributed by atoms with Gasteiger partial charge in [0.05, 0.1) is 6.42 Å². The van der Waals surface area contributed by atoms with Crippen LogP contribution < -0.4 is 4.72 Å². The van der Waals surface area contributed by atoms with Gasteiger partial charge >= 0.3 is 5.97 Å². The zero-order chi connectivity index (χ0) is 18.6. The summed E-state index contributed by atoms with van der Waals surface area (Å²) in [4.78, 5) is 29.5. The van der Waals surface area contributed by atoms with Crippen LogP contribution in [0.1, 0.15) is 32.0 Å².